The molecule has 2 aromatic heterocycles. The summed E-state index contributed by atoms with van der Waals surface area (Å²) in [5.41, 5.74) is 1.19. The first-order valence-corrected chi connectivity index (χ1v) is 6.01. The van der Waals surface area contributed by atoms with E-state index >= 15 is 0 Å². The van der Waals surface area contributed by atoms with Crippen molar-refractivity contribution in [3.05, 3.63) is 44.0 Å². The third-order valence-corrected chi connectivity index (χ3v) is 3.70. The van der Waals surface area contributed by atoms with Gasteiger partial charge < -0.3 is 5.11 Å². The summed E-state index contributed by atoms with van der Waals surface area (Å²) < 4.78 is 1.52. The summed E-state index contributed by atoms with van der Waals surface area (Å²) in [6.07, 6.45) is 2.52. The number of rotatable bonds is 3. The van der Waals surface area contributed by atoms with Gasteiger partial charge >= 0.3 is 10.8 Å². The lowest BCUT2D eigenvalue weighted by atomic mass is 10.2. The minimum atomic E-state index is -1.09. The van der Waals surface area contributed by atoms with Gasteiger partial charge in [-0.15, -0.1) is 0 Å². The molecular formula is C11H11N3O3S. The Morgan fingerprint density at radius 1 is 1.50 bits per heavy atom. The summed E-state index contributed by atoms with van der Waals surface area (Å²) in [6, 6.07) is 0. The average Bonchev–Trinajstić information content (AvgIpc) is 2.56. The number of thiazole rings is 1. The van der Waals surface area contributed by atoms with E-state index in [1.54, 1.807) is 0 Å². The monoisotopic (exact) mass is 265 g/mol. The summed E-state index contributed by atoms with van der Waals surface area (Å²) in [5, 5.41) is 9.02. The summed E-state index contributed by atoms with van der Waals surface area (Å²) in [4.78, 5) is 31.2. The van der Waals surface area contributed by atoms with Crippen LogP contribution in [0.4, 0.5) is 0 Å². The first kappa shape index (κ1) is 12.4. The average molecular weight is 265 g/mol. The summed E-state index contributed by atoms with van der Waals surface area (Å²) in [6.45, 7) is 3.84. The van der Waals surface area contributed by atoms with Crippen molar-refractivity contribution in [1.29, 1.82) is 0 Å². The lowest BCUT2D eigenvalue weighted by Gasteiger charge is -2.06. The van der Waals surface area contributed by atoms with Crippen LogP contribution in [0.5, 0.6) is 0 Å². The zero-order valence-corrected chi connectivity index (χ0v) is 10.7. The number of carbonyl (C=O) groups is 1. The molecule has 94 valence electrons. The predicted molar refractivity (Wildman–Crippen MR) is 66.1 cm³/mol. The van der Waals surface area contributed by atoms with Crippen molar-refractivity contribution in [3.8, 4) is 0 Å². The molecule has 0 aliphatic carbocycles. The molecule has 0 atom stereocenters. The number of carboxylic acids is 1. The SMILES string of the molecule is Cc1sc(=O)n(Cc2ncncc2C(=O)O)c1C. The van der Waals surface area contributed by atoms with Gasteiger partial charge in [0.15, 0.2) is 0 Å². The van der Waals surface area contributed by atoms with E-state index in [-0.39, 0.29) is 17.0 Å². The van der Waals surface area contributed by atoms with E-state index in [0.717, 1.165) is 21.9 Å². The molecular weight excluding hydrogens is 254 g/mol. The Hall–Kier alpha value is -2.02. The van der Waals surface area contributed by atoms with Crippen molar-refractivity contribution in [2.75, 3.05) is 0 Å². The maximum Gasteiger partial charge on any atom is 0.339 e. The van der Waals surface area contributed by atoms with E-state index in [9.17, 15) is 9.59 Å². The Balaban J connectivity index is 2.46. The minimum absolute atomic E-state index is 0.0210. The summed E-state index contributed by atoms with van der Waals surface area (Å²) >= 11 is 1.15. The van der Waals surface area contributed by atoms with Crippen LogP contribution in [0.2, 0.25) is 0 Å². The Morgan fingerprint density at radius 3 is 2.78 bits per heavy atom. The first-order valence-electron chi connectivity index (χ1n) is 5.19. The van der Waals surface area contributed by atoms with Gasteiger partial charge in [0.25, 0.3) is 0 Å². The highest BCUT2D eigenvalue weighted by Gasteiger charge is 2.15. The lowest BCUT2D eigenvalue weighted by Crippen LogP contribution is -2.18. The molecule has 0 amide bonds. The second kappa shape index (κ2) is 4.69. The Kier molecular flexibility index (Phi) is 3.24. The van der Waals surface area contributed by atoms with Crippen molar-refractivity contribution >= 4 is 17.3 Å². The van der Waals surface area contributed by atoms with Crippen LogP contribution in [0.1, 0.15) is 26.6 Å². The normalized spacial score (nSPS) is 10.6. The van der Waals surface area contributed by atoms with Gasteiger partial charge in [0.1, 0.15) is 11.9 Å². The van der Waals surface area contributed by atoms with E-state index < -0.39 is 5.97 Å². The maximum absolute atomic E-state index is 11.7. The zero-order valence-electron chi connectivity index (χ0n) is 9.88. The smallest absolute Gasteiger partial charge is 0.339 e. The molecule has 2 heterocycles. The summed E-state index contributed by atoms with van der Waals surface area (Å²) in [5.74, 6) is -1.09. The number of aryl methyl sites for hydroxylation is 1. The van der Waals surface area contributed by atoms with Gasteiger partial charge in [-0.3, -0.25) is 9.36 Å². The van der Waals surface area contributed by atoms with Gasteiger partial charge in [0.05, 0.1) is 12.2 Å². The largest absolute Gasteiger partial charge is 0.478 e. The molecule has 2 rings (SSSR count). The standard InChI is InChI=1S/C11H11N3O3S/c1-6-7(2)18-11(17)14(6)4-9-8(10(15)16)3-12-5-13-9/h3,5H,4H2,1-2H3,(H,15,16). The third-order valence-electron chi connectivity index (χ3n) is 2.71. The minimum Gasteiger partial charge on any atom is -0.478 e. The third kappa shape index (κ3) is 2.17. The topological polar surface area (TPSA) is 85.1 Å². The number of aromatic carboxylic acids is 1. The van der Waals surface area contributed by atoms with Crippen molar-refractivity contribution in [2.45, 2.75) is 20.4 Å². The number of aromatic nitrogens is 3. The van der Waals surface area contributed by atoms with Crippen LogP contribution in [-0.4, -0.2) is 25.6 Å². The van der Waals surface area contributed by atoms with Crippen LogP contribution >= 0.6 is 11.3 Å². The molecule has 2 aromatic rings. The molecule has 18 heavy (non-hydrogen) atoms. The molecule has 0 saturated heterocycles. The molecule has 0 spiro atoms. The number of hydrogen-bond donors (Lipinski definition) is 1. The highest BCUT2D eigenvalue weighted by atomic mass is 32.1. The molecule has 0 saturated carbocycles. The number of hydrogen-bond acceptors (Lipinski definition) is 5. The van der Waals surface area contributed by atoms with Gasteiger partial charge in [0.2, 0.25) is 0 Å². The Labute approximate surface area is 107 Å². The van der Waals surface area contributed by atoms with Gasteiger partial charge in [-0.05, 0) is 13.8 Å². The fraction of sp³-hybridized carbons (Fsp3) is 0.273. The molecule has 0 aromatic carbocycles. The maximum atomic E-state index is 11.7. The van der Waals surface area contributed by atoms with E-state index in [1.165, 1.54) is 17.1 Å². The van der Waals surface area contributed by atoms with E-state index in [2.05, 4.69) is 9.97 Å². The molecule has 0 unspecified atom stereocenters. The van der Waals surface area contributed by atoms with Gasteiger partial charge in [0, 0.05) is 16.8 Å². The van der Waals surface area contributed by atoms with Crippen molar-refractivity contribution in [1.82, 2.24) is 14.5 Å². The van der Waals surface area contributed by atoms with Crippen LogP contribution in [0.3, 0.4) is 0 Å². The van der Waals surface area contributed by atoms with Gasteiger partial charge in [-0.2, -0.15) is 0 Å². The van der Waals surface area contributed by atoms with E-state index in [4.69, 9.17) is 5.11 Å². The second-order valence-electron chi connectivity index (χ2n) is 3.78. The molecule has 0 bridgehead atoms. The fourth-order valence-electron chi connectivity index (χ4n) is 1.58. The van der Waals surface area contributed by atoms with Gasteiger partial charge in [-0.25, -0.2) is 14.8 Å². The Bertz CT molecular complexity index is 660. The van der Waals surface area contributed by atoms with Crippen LogP contribution in [0.15, 0.2) is 17.3 Å². The second-order valence-corrected chi connectivity index (χ2v) is 4.95. The van der Waals surface area contributed by atoms with E-state index in [1.807, 2.05) is 13.8 Å². The molecule has 0 fully saturated rings. The molecule has 0 aliphatic heterocycles. The van der Waals surface area contributed by atoms with E-state index in [0.29, 0.717) is 5.69 Å². The van der Waals surface area contributed by atoms with Crippen molar-refractivity contribution in [2.24, 2.45) is 0 Å². The highest BCUT2D eigenvalue weighted by Crippen LogP contribution is 2.12. The summed E-state index contributed by atoms with van der Waals surface area (Å²) in [7, 11) is 0. The molecule has 1 N–H and O–H groups in total. The van der Waals surface area contributed by atoms with Crippen molar-refractivity contribution < 1.29 is 9.90 Å². The molecule has 0 aliphatic rings. The van der Waals surface area contributed by atoms with Gasteiger partial charge in [-0.1, -0.05) is 11.3 Å². The fourth-order valence-corrected chi connectivity index (χ4v) is 2.41. The molecule has 7 heteroatoms. The van der Waals surface area contributed by atoms with Crippen LogP contribution < -0.4 is 4.87 Å². The van der Waals surface area contributed by atoms with Crippen LogP contribution in [-0.2, 0) is 6.54 Å². The predicted octanol–water partition coefficient (Wildman–Crippen LogP) is 1.06. The number of carboxylic acid groups (broad SMARTS) is 1. The van der Waals surface area contributed by atoms with Crippen molar-refractivity contribution in [3.63, 3.8) is 0 Å². The van der Waals surface area contributed by atoms with Crippen LogP contribution in [0, 0.1) is 13.8 Å². The number of nitrogens with zero attached hydrogens (tertiary/aromatic N) is 3. The van der Waals surface area contributed by atoms with Crippen LogP contribution in [0.25, 0.3) is 0 Å². The first-order chi connectivity index (χ1) is 8.50. The Morgan fingerprint density at radius 2 is 2.22 bits per heavy atom. The quantitative estimate of drug-likeness (QED) is 0.897. The zero-order chi connectivity index (χ0) is 13.3. The highest BCUT2D eigenvalue weighted by molar-refractivity contribution is 7.09. The lowest BCUT2D eigenvalue weighted by molar-refractivity contribution is 0.0694. The molecule has 0 radical (unpaired) electrons. The molecule has 6 nitrogen and oxygen atoms in total.